The van der Waals surface area contributed by atoms with E-state index in [4.69, 9.17) is 5.73 Å². The van der Waals surface area contributed by atoms with Gasteiger partial charge in [0.05, 0.1) is 0 Å². The highest BCUT2D eigenvalue weighted by molar-refractivity contribution is 5.85. The van der Waals surface area contributed by atoms with Crippen molar-refractivity contribution in [2.45, 2.75) is 25.2 Å². The third-order valence-electron chi connectivity index (χ3n) is 2.72. The van der Waals surface area contributed by atoms with Gasteiger partial charge in [-0.1, -0.05) is 0 Å². The van der Waals surface area contributed by atoms with E-state index in [0.29, 0.717) is 5.56 Å². The van der Waals surface area contributed by atoms with Crippen molar-refractivity contribution in [3.8, 4) is 11.5 Å². The maximum Gasteiger partial charge on any atom is 0.573 e. The van der Waals surface area contributed by atoms with Crippen molar-refractivity contribution in [2.75, 3.05) is 0 Å². The van der Waals surface area contributed by atoms with Crippen LogP contribution in [0.2, 0.25) is 0 Å². The number of rotatable bonds is 3. The monoisotopic (exact) mass is 283 g/mol. The first-order valence-electron chi connectivity index (χ1n) is 5.21. The first-order valence-corrected chi connectivity index (χ1v) is 5.21. The van der Waals surface area contributed by atoms with Gasteiger partial charge in [-0.05, 0) is 37.0 Å². The largest absolute Gasteiger partial charge is 0.573 e. The summed E-state index contributed by atoms with van der Waals surface area (Å²) in [6.45, 7) is 0. The fourth-order valence-corrected chi connectivity index (χ4v) is 1.71. The lowest BCUT2D eigenvalue weighted by Gasteiger charge is -2.15. The minimum atomic E-state index is -4.74. The first-order chi connectivity index (χ1) is 7.87. The molecule has 2 rings (SSSR count). The summed E-state index contributed by atoms with van der Waals surface area (Å²) in [5.74, 6) is -0.220. The molecule has 1 aromatic rings. The standard InChI is InChI=1S/C11H12F3NO2.ClH/c12-11(13,14)17-7-3-4-9(16)8(5-7)10(15)6-1-2-6;/h3-6,10,16H,1-2,15H2;1H/t10-;/m1./s1. The van der Waals surface area contributed by atoms with Crippen LogP contribution in [0.1, 0.15) is 24.4 Å². The lowest BCUT2D eigenvalue weighted by Crippen LogP contribution is -2.18. The van der Waals surface area contributed by atoms with Gasteiger partial charge in [0.25, 0.3) is 0 Å². The Morgan fingerprint density at radius 1 is 1.33 bits per heavy atom. The number of phenols is 1. The number of ether oxygens (including phenoxy) is 1. The first kappa shape index (κ1) is 14.9. The highest BCUT2D eigenvalue weighted by Crippen LogP contribution is 2.43. The van der Waals surface area contributed by atoms with Gasteiger partial charge in [0.2, 0.25) is 0 Å². The number of alkyl halides is 3. The molecule has 3 nitrogen and oxygen atoms in total. The zero-order chi connectivity index (χ0) is 12.6. The normalized spacial score (nSPS) is 16.9. The quantitative estimate of drug-likeness (QED) is 0.896. The molecule has 1 aromatic carbocycles. The van der Waals surface area contributed by atoms with Crippen molar-refractivity contribution in [2.24, 2.45) is 11.7 Å². The van der Waals surface area contributed by atoms with Gasteiger partial charge >= 0.3 is 6.36 Å². The van der Waals surface area contributed by atoms with Gasteiger partial charge in [-0.25, -0.2) is 0 Å². The molecular formula is C11H13ClF3NO2. The van der Waals surface area contributed by atoms with E-state index in [0.717, 1.165) is 25.0 Å². The van der Waals surface area contributed by atoms with E-state index in [1.54, 1.807) is 0 Å². The second-order valence-electron chi connectivity index (χ2n) is 4.13. The van der Waals surface area contributed by atoms with Crippen LogP contribution in [0.4, 0.5) is 13.2 Å². The molecule has 0 bridgehead atoms. The van der Waals surface area contributed by atoms with E-state index >= 15 is 0 Å². The summed E-state index contributed by atoms with van der Waals surface area (Å²) in [5.41, 5.74) is 6.14. The summed E-state index contributed by atoms with van der Waals surface area (Å²) in [7, 11) is 0. The minimum absolute atomic E-state index is 0. The molecule has 1 fully saturated rings. The van der Waals surface area contributed by atoms with Crippen LogP contribution >= 0.6 is 12.4 Å². The van der Waals surface area contributed by atoms with E-state index in [2.05, 4.69) is 4.74 Å². The molecule has 0 aromatic heterocycles. The van der Waals surface area contributed by atoms with Gasteiger partial charge in [0.1, 0.15) is 11.5 Å². The number of aromatic hydroxyl groups is 1. The van der Waals surface area contributed by atoms with Crippen LogP contribution in [0, 0.1) is 5.92 Å². The van der Waals surface area contributed by atoms with Crippen LogP contribution in [-0.4, -0.2) is 11.5 Å². The molecule has 0 radical (unpaired) electrons. The van der Waals surface area contributed by atoms with Crippen molar-refractivity contribution in [3.05, 3.63) is 23.8 Å². The number of hydrogen-bond donors (Lipinski definition) is 2. The van der Waals surface area contributed by atoms with E-state index < -0.39 is 12.4 Å². The Morgan fingerprint density at radius 3 is 2.44 bits per heavy atom. The van der Waals surface area contributed by atoms with E-state index in [1.807, 2.05) is 0 Å². The van der Waals surface area contributed by atoms with Crippen LogP contribution < -0.4 is 10.5 Å². The molecule has 7 heteroatoms. The van der Waals surface area contributed by atoms with E-state index in [-0.39, 0.29) is 29.8 Å². The molecular weight excluding hydrogens is 271 g/mol. The number of hydrogen-bond acceptors (Lipinski definition) is 3. The maximum absolute atomic E-state index is 12.0. The van der Waals surface area contributed by atoms with Gasteiger partial charge < -0.3 is 15.6 Å². The van der Waals surface area contributed by atoms with Crippen molar-refractivity contribution < 1.29 is 23.0 Å². The molecule has 1 aliphatic carbocycles. The van der Waals surface area contributed by atoms with Crippen molar-refractivity contribution in [3.63, 3.8) is 0 Å². The van der Waals surface area contributed by atoms with Gasteiger partial charge in [0.15, 0.2) is 0 Å². The average Bonchev–Trinajstić information content (AvgIpc) is 3.01. The Hall–Kier alpha value is -1.14. The van der Waals surface area contributed by atoms with Gasteiger partial charge in [-0.15, -0.1) is 25.6 Å². The highest BCUT2D eigenvalue weighted by atomic mass is 35.5. The summed E-state index contributed by atoms with van der Waals surface area (Å²) in [5, 5.41) is 9.56. The molecule has 0 spiro atoms. The van der Waals surface area contributed by atoms with Crippen molar-refractivity contribution in [1.29, 1.82) is 0 Å². The number of halogens is 4. The topological polar surface area (TPSA) is 55.5 Å². The maximum atomic E-state index is 12.0. The number of phenolic OH excluding ortho intramolecular Hbond substituents is 1. The Kier molecular flexibility index (Phi) is 4.34. The summed E-state index contributed by atoms with van der Waals surface area (Å²) in [4.78, 5) is 0. The van der Waals surface area contributed by atoms with Gasteiger partial charge in [0, 0.05) is 11.6 Å². The molecule has 0 heterocycles. The molecule has 102 valence electrons. The summed E-state index contributed by atoms with van der Waals surface area (Å²) in [6.07, 6.45) is -2.87. The zero-order valence-electron chi connectivity index (χ0n) is 9.28. The molecule has 0 unspecified atom stereocenters. The third-order valence-corrected chi connectivity index (χ3v) is 2.72. The Labute approximate surface area is 108 Å². The minimum Gasteiger partial charge on any atom is -0.508 e. The molecule has 18 heavy (non-hydrogen) atoms. The van der Waals surface area contributed by atoms with Crippen LogP contribution in [0.3, 0.4) is 0 Å². The average molecular weight is 284 g/mol. The van der Waals surface area contributed by atoms with E-state index in [1.165, 1.54) is 6.07 Å². The molecule has 0 amide bonds. The van der Waals surface area contributed by atoms with Crippen LogP contribution in [-0.2, 0) is 0 Å². The van der Waals surface area contributed by atoms with Crippen molar-refractivity contribution in [1.82, 2.24) is 0 Å². The molecule has 3 N–H and O–H groups in total. The predicted octanol–water partition coefficient (Wildman–Crippen LogP) is 3.12. The number of nitrogens with two attached hydrogens (primary N) is 1. The highest BCUT2D eigenvalue weighted by Gasteiger charge is 2.33. The fourth-order valence-electron chi connectivity index (χ4n) is 1.71. The van der Waals surface area contributed by atoms with E-state index in [9.17, 15) is 18.3 Å². The number of benzene rings is 1. The third kappa shape index (κ3) is 3.68. The summed E-state index contributed by atoms with van der Waals surface area (Å²) in [6, 6.07) is 2.93. The SMILES string of the molecule is Cl.N[C@@H](c1cc(OC(F)(F)F)ccc1O)C1CC1. The lowest BCUT2D eigenvalue weighted by atomic mass is 10.0. The Bertz CT molecular complexity index is 421. The second kappa shape index (κ2) is 5.24. The second-order valence-corrected chi connectivity index (χ2v) is 4.13. The Balaban J connectivity index is 0.00000162. The summed E-state index contributed by atoms with van der Waals surface area (Å²) >= 11 is 0. The smallest absolute Gasteiger partial charge is 0.508 e. The van der Waals surface area contributed by atoms with Gasteiger partial charge in [-0.2, -0.15) is 0 Å². The summed E-state index contributed by atoms with van der Waals surface area (Å²) < 4.78 is 39.9. The van der Waals surface area contributed by atoms with Crippen LogP contribution in [0.5, 0.6) is 11.5 Å². The zero-order valence-corrected chi connectivity index (χ0v) is 10.1. The molecule has 0 aliphatic heterocycles. The van der Waals surface area contributed by atoms with Crippen LogP contribution in [0.25, 0.3) is 0 Å². The van der Waals surface area contributed by atoms with Crippen LogP contribution in [0.15, 0.2) is 18.2 Å². The van der Waals surface area contributed by atoms with Crippen molar-refractivity contribution >= 4 is 12.4 Å². The molecule has 1 aliphatic rings. The Morgan fingerprint density at radius 2 is 1.94 bits per heavy atom. The molecule has 1 atom stereocenters. The molecule has 0 saturated heterocycles. The lowest BCUT2D eigenvalue weighted by molar-refractivity contribution is -0.274. The van der Waals surface area contributed by atoms with Gasteiger partial charge in [-0.3, -0.25) is 0 Å². The fraction of sp³-hybridized carbons (Fsp3) is 0.455. The predicted molar refractivity (Wildman–Crippen MR) is 61.7 cm³/mol. The molecule has 1 saturated carbocycles.